The van der Waals surface area contributed by atoms with Crippen molar-refractivity contribution in [1.82, 2.24) is 4.90 Å². The van der Waals surface area contributed by atoms with Gasteiger partial charge in [-0.25, -0.2) is 0 Å². The molecule has 2 rings (SSSR count). The van der Waals surface area contributed by atoms with Gasteiger partial charge in [-0.2, -0.15) is 0 Å². The van der Waals surface area contributed by atoms with Crippen LogP contribution in [0.15, 0.2) is 48.5 Å². The Morgan fingerprint density at radius 3 is 2.50 bits per heavy atom. The van der Waals surface area contributed by atoms with Crippen molar-refractivity contribution in [2.45, 2.75) is 19.9 Å². The van der Waals surface area contributed by atoms with Crippen LogP contribution in [0.25, 0.3) is 0 Å². The molecular weight excluding hydrogens is 335 g/mol. The number of nitrogens with one attached hydrogen (secondary N) is 1. The predicted octanol–water partition coefficient (Wildman–Crippen LogP) is 5.60. The van der Waals surface area contributed by atoms with E-state index >= 15 is 0 Å². The summed E-state index contributed by atoms with van der Waals surface area (Å²) in [5, 5.41) is 5.04. The Morgan fingerprint density at radius 1 is 1.14 bits per heavy atom. The average Bonchev–Trinajstić information content (AvgIpc) is 2.50. The van der Waals surface area contributed by atoms with Crippen LogP contribution in [0.3, 0.4) is 0 Å². The predicted molar refractivity (Wildman–Crippen MR) is 99.8 cm³/mol. The quantitative estimate of drug-likeness (QED) is 0.704. The molecule has 0 fully saturated rings. The molecule has 1 N–H and O–H groups in total. The number of thiocarbonyl (C=S) groups is 1. The Kier molecular flexibility index (Phi) is 6.49. The van der Waals surface area contributed by atoms with Crippen LogP contribution in [0.1, 0.15) is 18.9 Å². The highest BCUT2D eigenvalue weighted by Crippen LogP contribution is 2.25. The summed E-state index contributed by atoms with van der Waals surface area (Å²) >= 11 is 17.6. The van der Waals surface area contributed by atoms with Crippen molar-refractivity contribution in [3.63, 3.8) is 0 Å². The van der Waals surface area contributed by atoms with Gasteiger partial charge in [0.15, 0.2) is 5.11 Å². The maximum Gasteiger partial charge on any atom is 0.173 e. The molecule has 116 valence electrons. The maximum absolute atomic E-state index is 6.19. The van der Waals surface area contributed by atoms with Gasteiger partial charge in [0.1, 0.15) is 0 Å². The first-order valence-electron chi connectivity index (χ1n) is 7.15. The van der Waals surface area contributed by atoms with Crippen molar-refractivity contribution in [2.24, 2.45) is 0 Å². The molecular formula is C17H18Cl2N2S. The second-order valence-corrected chi connectivity index (χ2v) is 6.19. The number of anilines is 1. The molecule has 2 aromatic rings. The zero-order valence-corrected chi connectivity index (χ0v) is 14.7. The standard InChI is InChI=1S/C17H18Cl2N2S/c1-2-10-21(12-13-6-4-3-5-7-13)17(22)20-16-9-8-14(18)11-15(16)19/h3-9,11H,2,10,12H2,1H3,(H,20,22). The van der Waals surface area contributed by atoms with E-state index in [9.17, 15) is 0 Å². The molecule has 2 nitrogen and oxygen atoms in total. The molecule has 0 saturated heterocycles. The fourth-order valence-corrected chi connectivity index (χ4v) is 2.83. The van der Waals surface area contributed by atoms with Gasteiger partial charge in [-0.15, -0.1) is 0 Å². The number of halogens is 2. The first-order chi connectivity index (χ1) is 10.6. The van der Waals surface area contributed by atoms with E-state index in [2.05, 4.69) is 29.3 Å². The molecule has 22 heavy (non-hydrogen) atoms. The van der Waals surface area contributed by atoms with Crippen molar-refractivity contribution in [1.29, 1.82) is 0 Å². The van der Waals surface area contributed by atoms with Crippen molar-refractivity contribution in [3.05, 3.63) is 64.1 Å². The van der Waals surface area contributed by atoms with E-state index in [1.54, 1.807) is 12.1 Å². The molecule has 0 aliphatic heterocycles. The molecule has 0 bridgehead atoms. The third-order valence-electron chi connectivity index (χ3n) is 3.17. The van der Waals surface area contributed by atoms with Gasteiger partial charge in [-0.3, -0.25) is 0 Å². The average molecular weight is 353 g/mol. The minimum absolute atomic E-state index is 0.561. The SMILES string of the molecule is CCCN(Cc1ccccc1)C(=S)Nc1ccc(Cl)cc1Cl. The Morgan fingerprint density at radius 2 is 1.86 bits per heavy atom. The molecule has 0 aromatic heterocycles. The third kappa shape index (κ3) is 4.87. The van der Waals surface area contributed by atoms with Gasteiger partial charge in [0.2, 0.25) is 0 Å². The summed E-state index contributed by atoms with van der Waals surface area (Å²) in [5.74, 6) is 0. The van der Waals surface area contributed by atoms with E-state index in [1.165, 1.54) is 5.56 Å². The van der Waals surface area contributed by atoms with E-state index in [0.29, 0.717) is 15.2 Å². The molecule has 2 aromatic carbocycles. The van der Waals surface area contributed by atoms with Gasteiger partial charge < -0.3 is 10.2 Å². The Hall–Kier alpha value is -1.29. The van der Waals surface area contributed by atoms with Crippen LogP contribution in [-0.4, -0.2) is 16.6 Å². The molecule has 0 amide bonds. The van der Waals surface area contributed by atoms with E-state index in [4.69, 9.17) is 35.4 Å². The highest BCUT2D eigenvalue weighted by atomic mass is 35.5. The summed E-state index contributed by atoms with van der Waals surface area (Å²) in [5.41, 5.74) is 1.99. The van der Waals surface area contributed by atoms with Gasteiger partial charge in [0.25, 0.3) is 0 Å². The van der Waals surface area contributed by atoms with Crippen LogP contribution >= 0.6 is 35.4 Å². The summed E-state index contributed by atoms with van der Waals surface area (Å²) in [6.07, 6.45) is 1.02. The fraction of sp³-hybridized carbons (Fsp3) is 0.235. The summed E-state index contributed by atoms with van der Waals surface area (Å²) in [7, 11) is 0. The first kappa shape index (κ1) is 17.1. The third-order valence-corrected chi connectivity index (χ3v) is 4.08. The molecule has 0 atom stereocenters. The van der Waals surface area contributed by atoms with Crippen molar-refractivity contribution in [3.8, 4) is 0 Å². The minimum Gasteiger partial charge on any atom is -0.345 e. The fourth-order valence-electron chi connectivity index (χ4n) is 2.11. The lowest BCUT2D eigenvalue weighted by atomic mass is 10.2. The molecule has 0 radical (unpaired) electrons. The molecule has 0 unspecified atom stereocenters. The number of hydrogen-bond donors (Lipinski definition) is 1. The molecule has 0 spiro atoms. The minimum atomic E-state index is 0.561. The lowest BCUT2D eigenvalue weighted by molar-refractivity contribution is 0.418. The van der Waals surface area contributed by atoms with Gasteiger partial charge in [0, 0.05) is 18.1 Å². The zero-order valence-electron chi connectivity index (χ0n) is 12.4. The summed E-state index contributed by atoms with van der Waals surface area (Å²) in [6, 6.07) is 15.6. The Labute approximate surface area is 147 Å². The van der Waals surface area contributed by atoms with E-state index < -0.39 is 0 Å². The first-order valence-corrected chi connectivity index (χ1v) is 8.31. The normalized spacial score (nSPS) is 10.3. The second-order valence-electron chi connectivity index (χ2n) is 4.96. The molecule has 0 aliphatic carbocycles. The number of benzene rings is 2. The zero-order chi connectivity index (χ0) is 15.9. The highest BCUT2D eigenvalue weighted by molar-refractivity contribution is 7.80. The number of hydrogen-bond acceptors (Lipinski definition) is 1. The van der Waals surface area contributed by atoms with Crippen LogP contribution in [-0.2, 0) is 6.54 Å². The smallest absolute Gasteiger partial charge is 0.173 e. The molecule has 5 heteroatoms. The maximum atomic E-state index is 6.19. The van der Waals surface area contributed by atoms with Crippen molar-refractivity contribution < 1.29 is 0 Å². The van der Waals surface area contributed by atoms with Crippen LogP contribution in [0.4, 0.5) is 5.69 Å². The second kappa shape index (κ2) is 8.37. The van der Waals surface area contributed by atoms with E-state index in [-0.39, 0.29) is 0 Å². The Bertz CT molecular complexity index is 632. The monoisotopic (exact) mass is 352 g/mol. The van der Waals surface area contributed by atoms with Crippen LogP contribution in [0, 0.1) is 0 Å². The van der Waals surface area contributed by atoms with Crippen molar-refractivity contribution >= 4 is 46.2 Å². The van der Waals surface area contributed by atoms with E-state index in [0.717, 1.165) is 25.2 Å². The van der Waals surface area contributed by atoms with Crippen LogP contribution in [0.2, 0.25) is 10.0 Å². The number of rotatable bonds is 5. The highest BCUT2D eigenvalue weighted by Gasteiger charge is 2.11. The van der Waals surface area contributed by atoms with Crippen LogP contribution in [0.5, 0.6) is 0 Å². The lowest BCUT2D eigenvalue weighted by Crippen LogP contribution is -2.34. The van der Waals surface area contributed by atoms with Crippen LogP contribution < -0.4 is 5.32 Å². The van der Waals surface area contributed by atoms with Gasteiger partial charge in [-0.1, -0.05) is 60.5 Å². The molecule has 0 saturated carbocycles. The van der Waals surface area contributed by atoms with E-state index in [1.807, 2.05) is 24.3 Å². The van der Waals surface area contributed by atoms with Crippen molar-refractivity contribution in [2.75, 3.05) is 11.9 Å². The molecule has 0 heterocycles. The van der Waals surface area contributed by atoms with Gasteiger partial charge >= 0.3 is 0 Å². The topological polar surface area (TPSA) is 15.3 Å². The summed E-state index contributed by atoms with van der Waals surface area (Å²) < 4.78 is 0. The molecule has 0 aliphatic rings. The summed E-state index contributed by atoms with van der Waals surface area (Å²) in [4.78, 5) is 2.13. The lowest BCUT2D eigenvalue weighted by Gasteiger charge is -2.26. The van der Waals surface area contributed by atoms with Gasteiger partial charge in [0.05, 0.1) is 10.7 Å². The van der Waals surface area contributed by atoms with Gasteiger partial charge in [-0.05, 0) is 42.4 Å². The summed E-state index contributed by atoms with van der Waals surface area (Å²) in [6.45, 7) is 3.79. The Balaban J connectivity index is 2.09. The largest absolute Gasteiger partial charge is 0.345 e. The number of nitrogens with zero attached hydrogens (tertiary/aromatic N) is 1.